The van der Waals surface area contributed by atoms with Crippen LogP contribution in [0.25, 0.3) is 0 Å². The van der Waals surface area contributed by atoms with E-state index >= 15 is 0 Å². The van der Waals surface area contributed by atoms with E-state index in [0.717, 1.165) is 38.6 Å². The van der Waals surface area contributed by atoms with Crippen LogP contribution in [-0.2, 0) is 0 Å². The van der Waals surface area contributed by atoms with E-state index in [0.29, 0.717) is 6.04 Å². The van der Waals surface area contributed by atoms with E-state index in [2.05, 4.69) is 32.8 Å². The number of hydrogen-bond acceptors (Lipinski definition) is 4. The van der Waals surface area contributed by atoms with Gasteiger partial charge in [-0.3, -0.25) is 4.99 Å². The quantitative estimate of drug-likeness (QED) is 0.693. The average Bonchev–Trinajstić information content (AvgIpc) is 2.43. The van der Waals surface area contributed by atoms with E-state index in [-0.39, 0.29) is 0 Å². The van der Waals surface area contributed by atoms with Crippen molar-refractivity contribution >= 4 is 5.84 Å². The van der Waals surface area contributed by atoms with Crippen molar-refractivity contribution < 1.29 is 0 Å². The van der Waals surface area contributed by atoms with Crippen LogP contribution in [0.2, 0.25) is 0 Å². The van der Waals surface area contributed by atoms with Crippen LogP contribution in [0.1, 0.15) is 26.2 Å². The number of aliphatic imine (C=N–C) groups is 1. The van der Waals surface area contributed by atoms with Gasteiger partial charge in [0.1, 0.15) is 6.67 Å². The molecule has 0 amide bonds. The van der Waals surface area contributed by atoms with Gasteiger partial charge in [-0.1, -0.05) is 6.08 Å². The highest BCUT2D eigenvalue weighted by atomic mass is 15.2. The topological polar surface area (TPSA) is 39.7 Å². The predicted octanol–water partition coefficient (Wildman–Crippen LogP) is 0.923. The molecule has 90 valence electrons. The van der Waals surface area contributed by atoms with Crippen LogP contribution >= 0.6 is 0 Å². The van der Waals surface area contributed by atoms with Gasteiger partial charge in [0.2, 0.25) is 0 Å². The number of nitrogens with zero attached hydrogens (tertiary/aromatic N) is 2. The van der Waals surface area contributed by atoms with Crippen molar-refractivity contribution in [3.05, 3.63) is 12.3 Å². The van der Waals surface area contributed by atoms with Crippen LogP contribution in [0.4, 0.5) is 0 Å². The minimum absolute atomic E-state index is 0.659. The fraction of sp³-hybridized carbons (Fsp3) is 0.750. The fourth-order valence-corrected chi connectivity index (χ4v) is 2.21. The standard InChI is InChI=1S/C12H22N4/c1-11-14-6-2-3-9-16(10-15-11)12-4-7-13-8-5-12/h3,9,12-13H,2,4-8,10H2,1H3,(H,14,15)/b9-3+. The Labute approximate surface area is 97.8 Å². The van der Waals surface area contributed by atoms with Crippen LogP contribution in [0.3, 0.4) is 0 Å². The summed E-state index contributed by atoms with van der Waals surface area (Å²) in [4.78, 5) is 6.95. The van der Waals surface area contributed by atoms with E-state index in [1.54, 1.807) is 0 Å². The third-order valence-electron chi connectivity index (χ3n) is 3.24. The average molecular weight is 222 g/mol. The van der Waals surface area contributed by atoms with Gasteiger partial charge in [-0.25, -0.2) is 0 Å². The van der Waals surface area contributed by atoms with E-state index in [1.807, 2.05) is 6.92 Å². The van der Waals surface area contributed by atoms with Gasteiger partial charge in [-0.2, -0.15) is 0 Å². The van der Waals surface area contributed by atoms with Gasteiger partial charge in [0.15, 0.2) is 0 Å². The highest BCUT2D eigenvalue weighted by Gasteiger charge is 2.17. The maximum absolute atomic E-state index is 4.56. The molecule has 0 aromatic carbocycles. The lowest BCUT2D eigenvalue weighted by molar-refractivity contribution is 0.231. The van der Waals surface area contributed by atoms with Crippen molar-refractivity contribution in [2.75, 3.05) is 26.3 Å². The Balaban J connectivity index is 1.98. The Bertz CT molecular complexity index is 266. The molecule has 0 aromatic heterocycles. The van der Waals surface area contributed by atoms with Crippen LogP contribution in [0.5, 0.6) is 0 Å². The first-order valence-corrected chi connectivity index (χ1v) is 6.24. The number of nitrogens with one attached hydrogen (secondary N) is 2. The van der Waals surface area contributed by atoms with Crippen molar-refractivity contribution in [2.45, 2.75) is 32.2 Å². The monoisotopic (exact) mass is 222 g/mol. The van der Waals surface area contributed by atoms with Crippen molar-refractivity contribution in [1.82, 2.24) is 15.5 Å². The Morgan fingerprint density at radius 2 is 2.12 bits per heavy atom. The molecule has 2 aliphatic heterocycles. The third kappa shape index (κ3) is 3.23. The van der Waals surface area contributed by atoms with Crippen LogP contribution < -0.4 is 10.6 Å². The molecule has 2 heterocycles. The molecule has 0 spiro atoms. The first-order chi connectivity index (χ1) is 7.86. The first kappa shape index (κ1) is 11.5. The Morgan fingerprint density at radius 1 is 1.31 bits per heavy atom. The Hall–Kier alpha value is -1.03. The molecule has 2 aliphatic rings. The van der Waals surface area contributed by atoms with Gasteiger partial charge in [-0.05, 0) is 45.5 Å². The second kappa shape index (κ2) is 5.89. The summed E-state index contributed by atoms with van der Waals surface area (Å²) in [5.74, 6) is 1.06. The lowest BCUT2D eigenvalue weighted by Crippen LogP contribution is -2.40. The molecular weight excluding hydrogens is 200 g/mol. The van der Waals surface area contributed by atoms with Crippen molar-refractivity contribution in [3.8, 4) is 0 Å². The molecule has 0 atom stereocenters. The van der Waals surface area contributed by atoms with E-state index in [1.165, 1.54) is 12.8 Å². The Kier molecular flexibility index (Phi) is 4.22. The summed E-state index contributed by atoms with van der Waals surface area (Å²) in [6.07, 6.45) is 8.02. The normalized spacial score (nSPS) is 29.3. The second-order valence-corrected chi connectivity index (χ2v) is 4.48. The van der Waals surface area contributed by atoms with E-state index < -0.39 is 0 Å². The van der Waals surface area contributed by atoms with Crippen LogP contribution in [0.15, 0.2) is 17.3 Å². The van der Waals surface area contributed by atoms with Crippen molar-refractivity contribution in [1.29, 1.82) is 0 Å². The summed E-state index contributed by atoms with van der Waals surface area (Å²) in [6.45, 7) is 6.10. The smallest absolute Gasteiger partial charge is 0.112 e. The molecule has 0 bridgehead atoms. The zero-order chi connectivity index (χ0) is 11.2. The molecule has 0 saturated carbocycles. The van der Waals surface area contributed by atoms with Gasteiger partial charge < -0.3 is 15.5 Å². The largest absolute Gasteiger partial charge is 0.374 e. The molecule has 2 N–H and O–H groups in total. The molecule has 0 aromatic rings. The molecule has 4 heteroatoms. The van der Waals surface area contributed by atoms with Crippen molar-refractivity contribution in [3.63, 3.8) is 0 Å². The molecule has 0 unspecified atom stereocenters. The molecule has 1 saturated heterocycles. The lowest BCUT2D eigenvalue weighted by atomic mass is 10.1. The number of rotatable bonds is 1. The van der Waals surface area contributed by atoms with Gasteiger partial charge in [0.05, 0.1) is 5.84 Å². The Morgan fingerprint density at radius 3 is 2.94 bits per heavy atom. The maximum Gasteiger partial charge on any atom is 0.112 e. The van der Waals surface area contributed by atoms with Crippen LogP contribution in [-0.4, -0.2) is 43.1 Å². The minimum Gasteiger partial charge on any atom is -0.374 e. The highest BCUT2D eigenvalue weighted by Crippen LogP contribution is 2.12. The third-order valence-corrected chi connectivity index (χ3v) is 3.24. The number of amidine groups is 1. The summed E-state index contributed by atoms with van der Waals surface area (Å²) in [6, 6.07) is 0.659. The number of hydrogen-bond donors (Lipinski definition) is 2. The summed E-state index contributed by atoms with van der Waals surface area (Å²) in [5.41, 5.74) is 0. The molecule has 2 rings (SSSR count). The molecular formula is C12H22N4. The zero-order valence-corrected chi connectivity index (χ0v) is 10.1. The maximum atomic E-state index is 4.56. The summed E-state index contributed by atoms with van der Waals surface area (Å²) >= 11 is 0. The lowest BCUT2D eigenvalue weighted by Gasteiger charge is -2.32. The number of piperidine rings is 1. The zero-order valence-electron chi connectivity index (χ0n) is 10.1. The summed E-state index contributed by atoms with van der Waals surface area (Å²) in [5, 5.41) is 6.71. The van der Waals surface area contributed by atoms with Gasteiger partial charge in [0.25, 0.3) is 0 Å². The first-order valence-electron chi connectivity index (χ1n) is 6.24. The molecule has 1 fully saturated rings. The molecule has 0 radical (unpaired) electrons. The SMILES string of the molecule is C/C1=N\CN(C2CCNCC2)/C=C/CCN1. The summed E-state index contributed by atoms with van der Waals surface area (Å²) < 4.78 is 0. The van der Waals surface area contributed by atoms with Gasteiger partial charge in [0, 0.05) is 12.6 Å². The van der Waals surface area contributed by atoms with E-state index in [4.69, 9.17) is 0 Å². The van der Waals surface area contributed by atoms with Crippen molar-refractivity contribution in [2.24, 2.45) is 4.99 Å². The van der Waals surface area contributed by atoms with E-state index in [9.17, 15) is 0 Å². The van der Waals surface area contributed by atoms with Crippen LogP contribution in [0, 0.1) is 0 Å². The molecule has 16 heavy (non-hydrogen) atoms. The van der Waals surface area contributed by atoms with Gasteiger partial charge >= 0.3 is 0 Å². The molecule has 0 aliphatic carbocycles. The second-order valence-electron chi connectivity index (χ2n) is 4.48. The minimum atomic E-state index is 0.659. The van der Waals surface area contributed by atoms with Gasteiger partial charge in [-0.15, -0.1) is 0 Å². The fourth-order valence-electron chi connectivity index (χ4n) is 2.21. The highest BCUT2D eigenvalue weighted by molar-refractivity contribution is 5.79. The summed E-state index contributed by atoms with van der Waals surface area (Å²) in [7, 11) is 0. The predicted molar refractivity (Wildman–Crippen MR) is 67.5 cm³/mol. The molecule has 4 nitrogen and oxygen atoms in total.